The van der Waals surface area contributed by atoms with Crippen LogP contribution in [0, 0.1) is 13.8 Å². The Hall–Kier alpha value is -2.83. The number of pyridine rings is 1. The van der Waals surface area contributed by atoms with Crippen LogP contribution in [0.4, 0.5) is 5.82 Å². The van der Waals surface area contributed by atoms with Gasteiger partial charge in [0.15, 0.2) is 0 Å². The molecule has 26 heavy (non-hydrogen) atoms. The van der Waals surface area contributed by atoms with Gasteiger partial charge in [0.1, 0.15) is 17.3 Å². The molecular weight excluding hydrogens is 332 g/mol. The quantitative estimate of drug-likeness (QED) is 0.755. The number of aromatic nitrogens is 1. The summed E-state index contributed by atoms with van der Waals surface area (Å²) in [5.41, 5.74) is 1.35. The van der Waals surface area contributed by atoms with Gasteiger partial charge in [-0.15, -0.1) is 0 Å². The van der Waals surface area contributed by atoms with Crippen molar-refractivity contribution in [1.82, 2.24) is 15.6 Å². The molecule has 0 saturated heterocycles. The van der Waals surface area contributed by atoms with Crippen LogP contribution >= 0.6 is 0 Å². The van der Waals surface area contributed by atoms with Crippen molar-refractivity contribution in [2.75, 3.05) is 24.5 Å². The number of carbonyl (C=O) groups excluding carboxylic acids is 2. The summed E-state index contributed by atoms with van der Waals surface area (Å²) in [5.74, 6) is 1.55. The van der Waals surface area contributed by atoms with E-state index in [1.807, 2.05) is 12.1 Å². The molecular formula is C19H26N4O3. The van der Waals surface area contributed by atoms with Gasteiger partial charge in [-0.3, -0.25) is 9.59 Å². The first-order valence-corrected chi connectivity index (χ1v) is 8.76. The molecule has 0 aliphatic carbocycles. The van der Waals surface area contributed by atoms with Gasteiger partial charge in [0.2, 0.25) is 5.91 Å². The van der Waals surface area contributed by atoms with E-state index in [4.69, 9.17) is 4.42 Å². The van der Waals surface area contributed by atoms with Crippen molar-refractivity contribution in [2.45, 2.75) is 34.2 Å². The molecule has 2 rings (SSSR count). The van der Waals surface area contributed by atoms with Crippen molar-refractivity contribution >= 4 is 17.6 Å². The molecule has 2 aromatic heterocycles. The van der Waals surface area contributed by atoms with Gasteiger partial charge in [-0.05, 0) is 45.4 Å². The second-order valence-electron chi connectivity index (χ2n) is 5.98. The normalized spacial score (nSPS) is 10.5. The number of hydrogen-bond acceptors (Lipinski definition) is 5. The Bertz CT molecular complexity index is 749. The summed E-state index contributed by atoms with van der Waals surface area (Å²) in [4.78, 5) is 30.6. The summed E-state index contributed by atoms with van der Waals surface area (Å²) >= 11 is 0. The minimum Gasteiger partial charge on any atom is -0.466 e. The third kappa shape index (κ3) is 5.08. The molecule has 0 unspecified atom stereocenters. The average molecular weight is 358 g/mol. The molecule has 0 aliphatic heterocycles. The molecule has 0 aliphatic rings. The first-order valence-electron chi connectivity index (χ1n) is 8.76. The van der Waals surface area contributed by atoms with E-state index in [1.165, 1.54) is 0 Å². The maximum absolute atomic E-state index is 12.1. The highest BCUT2D eigenvalue weighted by Gasteiger charge is 2.14. The highest BCUT2D eigenvalue weighted by Crippen LogP contribution is 2.13. The smallest absolute Gasteiger partial charge is 0.255 e. The highest BCUT2D eigenvalue weighted by molar-refractivity contribution is 5.97. The lowest BCUT2D eigenvalue weighted by atomic mass is 10.2. The van der Waals surface area contributed by atoms with Gasteiger partial charge < -0.3 is 20.0 Å². The zero-order valence-electron chi connectivity index (χ0n) is 15.8. The fraction of sp³-hybridized carbons (Fsp3) is 0.421. The summed E-state index contributed by atoms with van der Waals surface area (Å²) < 4.78 is 5.32. The van der Waals surface area contributed by atoms with Crippen molar-refractivity contribution in [2.24, 2.45) is 0 Å². The summed E-state index contributed by atoms with van der Waals surface area (Å²) in [5, 5.41) is 5.37. The van der Waals surface area contributed by atoms with E-state index in [0.717, 1.165) is 24.5 Å². The summed E-state index contributed by atoms with van der Waals surface area (Å²) in [6.07, 6.45) is 1.75. The minimum atomic E-state index is -0.320. The Morgan fingerprint density at radius 2 is 1.88 bits per heavy atom. The topological polar surface area (TPSA) is 87.5 Å². The van der Waals surface area contributed by atoms with E-state index in [2.05, 4.69) is 34.4 Å². The van der Waals surface area contributed by atoms with Gasteiger partial charge >= 0.3 is 0 Å². The molecule has 2 heterocycles. The minimum absolute atomic E-state index is 0.0898. The number of rotatable bonds is 8. The van der Waals surface area contributed by atoms with Gasteiger partial charge in [-0.1, -0.05) is 6.07 Å². The van der Waals surface area contributed by atoms with E-state index < -0.39 is 0 Å². The predicted molar refractivity (Wildman–Crippen MR) is 100 cm³/mol. The molecule has 0 fully saturated rings. The van der Waals surface area contributed by atoms with Crippen LogP contribution in [0.1, 0.15) is 41.3 Å². The van der Waals surface area contributed by atoms with Crippen LogP contribution in [0.3, 0.4) is 0 Å². The molecule has 140 valence electrons. The van der Waals surface area contributed by atoms with Gasteiger partial charge in [0.25, 0.3) is 5.91 Å². The van der Waals surface area contributed by atoms with Crippen molar-refractivity contribution in [3.05, 3.63) is 47.0 Å². The zero-order valence-corrected chi connectivity index (χ0v) is 15.8. The van der Waals surface area contributed by atoms with E-state index in [1.54, 1.807) is 26.1 Å². The number of hydrogen-bond donors (Lipinski definition) is 2. The van der Waals surface area contributed by atoms with E-state index >= 15 is 0 Å². The number of furan rings is 1. The number of carbonyl (C=O) groups is 2. The summed E-state index contributed by atoms with van der Waals surface area (Å²) in [6, 6.07) is 5.54. The SMILES string of the molecule is CCN(CC)c1ccc(CNC(=O)CNC(=O)c2cc(C)oc2C)cn1. The Balaban J connectivity index is 1.79. The third-order valence-corrected chi connectivity index (χ3v) is 4.08. The van der Waals surface area contributed by atoms with E-state index in [9.17, 15) is 9.59 Å². The number of aryl methyl sites for hydroxylation is 2. The standard InChI is InChI=1S/C19H26N4O3/c1-5-23(6-2)17-8-7-15(10-20-17)11-21-18(24)12-22-19(25)16-9-13(3)26-14(16)4/h7-10H,5-6,11-12H2,1-4H3,(H,21,24)(H,22,25). The second-order valence-corrected chi connectivity index (χ2v) is 5.98. The fourth-order valence-corrected chi connectivity index (χ4v) is 2.63. The van der Waals surface area contributed by atoms with Crippen LogP contribution in [0.5, 0.6) is 0 Å². The van der Waals surface area contributed by atoms with Gasteiger partial charge in [0, 0.05) is 25.8 Å². The molecule has 2 N–H and O–H groups in total. The number of amides is 2. The molecule has 0 aromatic carbocycles. The molecule has 7 heteroatoms. The van der Waals surface area contributed by atoms with Crippen molar-refractivity contribution in [3.8, 4) is 0 Å². The Labute approximate surface area is 153 Å². The molecule has 0 atom stereocenters. The number of nitrogens with one attached hydrogen (secondary N) is 2. The monoisotopic (exact) mass is 358 g/mol. The molecule has 0 radical (unpaired) electrons. The highest BCUT2D eigenvalue weighted by atomic mass is 16.3. The van der Waals surface area contributed by atoms with Crippen LogP contribution < -0.4 is 15.5 Å². The maximum atomic E-state index is 12.1. The van der Waals surface area contributed by atoms with Crippen LogP contribution in [-0.4, -0.2) is 36.4 Å². The molecule has 0 spiro atoms. The summed E-state index contributed by atoms with van der Waals surface area (Å²) in [6.45, 7) is 9.73. The molecule has 7 nitrogen and oxygen atoms in total. The molecule has 0 bridgehead atoms. The third-order valence-electron chi connectivity index (χ3n) is 4.08. The average Bonchev–Trinajstić information content (AvgIpc) is 2.98. The van der Waals surface area contributed by atoms with E-state index in [0.29, 0.717) is 23.6 Å². The number of nitrogens with zero attached hydrogens (tertiary/aromatic N) is 2. The van der Waals surface area contributed by atoms with Gasteiger partial charge in [0.05, 0.1) is 12.1 Å². The van der Waals surface area contributed by atoms with Crippen molar-refractivity contribution in [1.29, 1.82) is 0 Å². The van der Waals surface area contributed by atoms with Crippen LogP contribution in [0.25, 0.3) is 0 Å². The molecule has 2 amide bonds. The lowest BCUT2D eigenvalue weighted by Crippen LogP contribution is -2.36. The molecule has 0 saturated carbocycles. The fourth-order valence-electron chi connectivity index (χ4n) is 2.63. The van der Waals surface area contributed by atoms with Crippen LogP contribution in [0.2, 0.25) is 0 Å². The van der Waals surface area contributed by atoms with Gasteiger partial charge in [-0.2, -0.15) is 0 Å². The number of anilines is 1. The predicted octanol–water partition coefficient (Wildman–Crippen LogP) is 2.18. The van der Waals surface area contributed by atoms with Crippen molar-refractivity contribution < 1.29 is 14.0 Å². The van der Waals surface area contributed by atoms with Crippen molar-refractivity contribution in [3.63, 3.8) is 0 Å². The van der Waals surface area contributed by atoms with Crippen LogP contribution in [-0.2, 0) is 11.3 Å². The Kier molecular flexibility index (Phi) is 6.77. The maximum Gasteiger partial charge on any atom is 0.255 e. The van der Waals surface area contributed by atoms with E-state index in [-0.39, 0.29) is 18.4 Å². The molecule has 2 aromatic rings. The lowest BCUT2D eigenvalue weighted by molar-refractivity contribution is -0.120. The van der Waals surface area contributed by atoms with Crippen LogP contribution in [0.15, 0.2) is 28.8 Å². The lowest BCUT2D eigenvalue weighted by Gasteiger charge is -2.19. The second kappa shape index (κ2) is 9.03. The van der Waals surface area contributed by atoms with Gasteiger partial charge in [-0.25, -0.2) is 4.98 Å². The summed E-state index contributed by atoms with van der Waals surface area (Å²) in [7, 11) is 0. The zero-order chi connectivity index (χ0) is 19.1. The Morgan fingerprint density at radius 1 is 1.15 bits per heavy atom. The first-order chi connectivity index (χ1) is 12.4. The first kappa shape index (κ1) is 19.5. The Morgan fingerprint density at radius 3 is 2.42 bits per heavy atom. The largest absolute Gasteiger partial charge is 0.466 e.